The van der Waals surface area contributed by atoms with E-state index in [9.17, 15) is 33.9 Å². The highest BCUT2D eigenvalue weighted by Crippen LogP contribution is 2.41. The zero-order chi connectivity index (χ0) is 28.3. The summed E-state index contributed by atoms with van der Waals surface area (Å²) < 4.78 is 0.836. The number of anilines is 1. The van der Waals surface area contributed by atoms with Crippen LogP contribution in [0.1, 0.15) is 5.69 Å². The van der Waals surface area contributed by atoms with Gasteiger partial charge in [-0.3, -0.25) is 24.1 Å². The second kappa shape index (κ2) is 11.7. The monoisotopic (exact) mass is 593 g/mol. The fourth-order valence-electron chi connectivity index (χ4n) is 3.56. The summed E-state index contributed by atoms with van der Waals surface area (Å²) in [4.78, 5) is 81.9. The molecule has 3 aliphatic heterocycles. The van der Waals surface area contributed by atoms with Crippen molar-refractivity contribution in [3.05, 3.63) is 33.8 Å². The van der Waals surface area contributed by atoms with Gasteiger partial charge in [0.15, 0.2) is 23.7 Å². The lowest BCUT2D eigenvalue weighted by Crippen LogP contribution is -2.71. The Morgan fingerprint density at radius 3 is 2.79 bits per heavy atom. The number of nitrogens with two attached hydrogens (primary N) is 1. The maximum atomic E-state index is 12.9. The number of carboxylic acid groups (broad SMARTS) is 1. The summed E-state index contributed by atoms with van der Waals surface area (Å²) in [6, 6.07) is -1.03. The number of β-lactam (4-membered cyclic amide) rings is 1. The van der Waals surface area contributed by atoms with Crippen molar-refractivity contribution in [2.24, 2.45) is 15.4 Å². The molecule has 1 aromatic rings. The molecule has 19 heteroatoms. The molecule has 1 fully saturated rings. The predicted molar refractivity (Wildman–Crippen MR) is 138 cm³/mol. The number of nitrogens with zero attached hydrogens (tertiary/aromatic N) is 6. The highest BCUT2D eigenvalue weighted by molar-refractivity contribution is 8.16. The first-order valence-corrected chi connectivity index (χ1v) is 13.4. The topological polar surface area (TPSA) is 226 Å². The number of fused-ring (bicyclic) bond motifs is 1. The van der Waals surface area contributed by atoms with E-state index in [1.54, 1.807) is 0 Å². The minimum Gasteiger partial charge on any atom is -0.477 e. The van der Waals surface area contributed by atoms with Gasteiger partial charge in [-0.25, -0.2) is 14.6 Å². The molecular formula is C20H17N8O8S3+. The molecular weight excluding hydrogens is 576 g/mol. The summed E-state index contributed by atoms with van der Waals surface area (Å²) in [6.45, 7) is -0.414. The first-order valence-electron chi connectivity index (χ1n) is 10.6. The van der Waals surface area contributed by atoms with Gasteiger partial charge in [0.2, 0.25) is 0 Å². The third-order valence-electron chi connectivity index (χ3n) is 5.23. The molecule has 1 saturated heterocycles. The Kier molecular flexibility index (Phi) is 8.31. The average molecular weight is 594 g/mol. The van der Waals surface area contributed by atoms with Gasteiger partial charge in [-0.05, 0) is 28.8 Å². The summed E-state index contributed by atoms with van der Waals surface area (Å²) in [5, 5.41) is 25.2. The van der Waals surface area contributed by atoms with E-state index in [1.165, 1.54) is 35.7 Å². The van der Waals surface area contributed by atoms with Crippen LogP contribution in [0.2, 0.25) is 0 Å². The Morgan fingerprint density at radius 2 is 2.15 bits per heavy atom. The number of hydrogen-bond acceptors (Lipinski definition) is 14. The molecule has 0 aromatic carbocycles. The number of carbonyl (C=O) groups is 6. The van der Waals surface area contributed by atoms with Gasteiger partial charge >= 0.3 is 23.0 Å². The molecule has 4 rings (SSSR count). The number of aliphatic carboxylic acids is 1. The average Bonchev–Trinajstić information content (AvgIpc) is 3.34. The van der Waals surface area contributed by atoms with Gasteiger partial charge in [-0.1, -0.05) is 5.16 Å². The number of carbonyl (C=O) groups excluding carboxylic acids is 5. The number of amidine groups is 1. The lowest BCUT2D eigenvalue weighted by atomic mass is 10.0. The molecule has 2 unspecified atom stereocenters. The molecule has 4 heterocycles. The number of thioether (sulfide) groups is 2. The fraction of sp³-hybridized carbons (Fsp3) is 0.250. The maximum absolute atomic E-state index is 12.9. The Balaban J connectivity index is 1.51. The number of azo groups is 1. The first-order chi connectivity index (χ1) is 18.7. The van der Waals surface area contributed by atoms with E-state index in [-0.39, 0.29) is 38.7 Å². The van der Waals surface area contributed by atoms with Crippen LogP contribution in [0.15, 0.2) is 43.5 Å². The summed E-state index contributed by atoms with van der Waals surface area (Å²) in [7, 11) is 1.24. The van der Waals surface area contributed by atoms with Crippen LogP contribution < -0.4 is 11.1 Å². The number of nitrogens with one attached hydrogen (secondary N) is 1. The van der Waals surface area contributed by atoms with Gasteiger partial charge in [-0.2, -0.15) is 4.58 Å². The van der Waals surface area contributed by atoms with Crippen LogP contribution in [-0.2, 0) is 33.6 Å². The number of nitrogen functional groups attached to an aromatic ring is 1. The lowest BCUT2D eigenvalue weighted by molar-refractivity contribution is -0.430. The number of thiazole rings is 1. The van der Waals surface area contributed by atoms with E-state index in [4.69, 9.17) is 10.6 Å². The van der Waals surface area contributed by atoms with E-state index in [2.05, 4.69) is 25.7 Å². The van der Waals surface area contributed by atoms with Crippen LogP contribution in [-0.4, -0.2) is 97.2 Å². The third kappa shape index (κ3) is 5.49. The summed E-state index contributed by atoms with van der Waals surface area (Å²) in [5.74, 6) is -4.75. The number of hydrogen-bond donors (Lipinski definition) is 3. The Bertz CT molecular complexity index is 1450. The molecule has 0 aliphatic carbocycles. The molecule has 0 radical (unpaired) electrons. The summed E-state index contributed by atoms with van der Waals surface area (Å²) in [6.07, 6.45) is 1.83. The number of carboxylic acids is 1. The summed E-state index contributed by atoms with van der Waals surface area (Å²) >= 11 is 3.13. The van der Waals surface area contributed by atoms with Gasteiger partial charge in [0.25, 0.3) is 11.8 Å². The Labute approximate surface area is 230 Å². The van der Waals surface area contributed by atoms with Crippen molar-refractivity contribution in [2.45, 2.75) is 11.4 Å². The predicted octanol–water partition coefficient (Wildman–Crippen LogP) is -0.852. The van der Waals surface area contributed by atoms with Crippen molar-refractivity contribution in [1.29, 1.82) is 0 Å². The van der Waals surface area contributed by atoms with Crippen molar-refractivity contribution in [3.63, 3.8) is 0 Å². The number of rotatable bonds is 9. The minimum atomic E-state index is -1.36. The third-order valence-corrected chi connectivity index (χ3v) is 8.00. The molecule has 1 aromatic heterocycles. The van der Waals surface area contributed by atoms with Crippen molar-refractivity contribution in [3.8, 4) is 0 Å². The van der Waals surface area contributed by atoms with E-state index >= 15 is 0 Å². The van der Waals surface area contributed by atoms with Crippen LogP contribution in [0, 0.1) is 0 Å². The van der Waals surface area contributed by atoms with E-state index in [0.717, 1.165) is 32.6 Å². The zero-order valence-electron chi connectivity index (χ0n) is 19.7. The van der Waals surface area contributed by atoms with Gasteiger partial charge in [-0.15, -0.1) is 23.1 Å². The van der Waals surface area contributed by atoms with Crippen LogP contribution in [0.3, 0.4) is 0 Å². The van der Waals surface area contributed by atoms with Crippen LogP contribution >= 0.6 is 34.9 Å². The highest BCUT2D eigenvalue weighted by Gasteiger charge is 2.54. The second-order valence-corrected chi connectivity index (χ2v) is 10.4. The van der Waals surface area contributed by atoms with Crippen molar-refractivity contribution in [1.82, 2.24) is 15.2 Å². The molecule has 2 atom stereocenters. The number of amides is 4. The SMILES string of the molecule is CON=C(C(=O)NC1C(=O)N2C(C(=O)O)=C(C=CSC3=[N+](CC=O)C(=O)C(=O)N=N3)CSC12)c1csc(N)n1. The van der Waals surface area contributed by atoms with E-state index < -0.39 is 47.6 Å². The van der Waals surface area contributed by atoms with E-state index in [0.29, 0.717) is 6.29 Å². The molecule has 39 heavy (non-hydrogen) atoms. The zero-order valence-corrected chi connectivity index (χ0v) is 22.1. The number of aldehydes is 1. The fourth-order valence-corrected chi connectivity index (χ4v) is 6.15. The van der Waals surface area contributed by atoms with Crippen molar-refractivity contribution >= 4 is 86.8 Å². The second-order valence-electron chi connectivity index (χ2n) is 7.52. The largest absolute Gasteiger partial charge is 0.477 e. The smallest absolute Gasteiger partial charge is 0.406 e. The van der Waals surface area contributed by atoms with Gasteiger partial charge in [0.1, 0.15) is 29.9 Å². The molecule has 0 bridgehead atoms. The van der Waals surface area contributed by atoms with Gasteiger partial charge in [0, 0.05) is 16.2 Å². The highest BCUT2D eigenvalue weighted by atomic mass is 32.2. The van der Waals surface area contributed by atoms with E-state index in [1.807, 2.05) is 0 Å². The minimum absolute atomic E-state index is 0.0556. The van der Waals surface area contributed by atoms with Crippen LogP contribution in [0.4, 0.5) is 5.13 Å². The Morgan fingerprint density at radius 1 is 1.38 bits per heavy atom. The van der Waals surface area contributed by atoms with Crippen LogP contribution in [0.25, 0.3) is 0 Å². The molecule has 4 amide bonds. The summed E-state index contributed by atoms with van der Waals surface area (Å²) in [5.41, 5.74) is 5.56. The normalized spacial score (nSPS) is 21.3. The van der Waals surface area contributed by atoms with Gasteiger partial charge in [0.05, 0.1) is 5.11 Å². The van der Waals surface area contributed by atoms with Crippen LogP contribution in [0.5, 0.6) is 0 Å². The molecule has 0 saturated carbocycles. The molecule has 3 aliphatic rings. The van der Waals surface area contributed by atoms with Gasteiger partial charge < -0.3 is 21.0 Å². The van der Waals surface area contributed by atoms with Crippen molar-refractivity contribution in [2.75, 3.05) is 25.1 Å². The quantitative estimate of drug-likeness (QED) is 0.0794. The van der Waals surface area contributed by atoms with Crippen molar-refractivity contribution < 1.29 is 43.3 Å². The number of oxime groups is 1. The number of allylic oxidation sites excluding steroid dienone is 1. The Hall–Kier alpha value is -4.23. The molecule has 16 nitrogen and oxygen atoms in total. The molecule has 202 valence electrons. The lowest BCUT2D eigenvalue weighted by Gasteiger charge is -2.49. The molecule has 4 N–H and O–H groups in total. The molecule has 0 spiro atoms. The first kappa shape index (κ1) is 27.8. The maximum Gasteiger partial charge on any atom is 0.406 e. The standard InChI is InChI=1S/C20H16N8O8S3/c1-36-26-10(9-7-39-19(21)22-9)13(30)23-11-15(32)28-12(18(34)35)8(6-38-17(11)28)2-5-37-20-25-24-14(31)16(33)27(20)3-4-29/h2,4-5,7,11,17H,3,6H2,1H3,(H3-,21,22,23,30,34,35)/p+1. The number of aromatic nitrogens is 1.